The van der Waals surface area contributed by atoms with Gasteiger partial charge in [-0.1, -0.05) is 32.6 Å². The van der Waals surface area contributed by atoms with E-state index in [1.165, 1.54) is 0 Å². The summed E-state index contributed by atoms with van der Waals surface area (Å²) in [6.45, 7) is 3.61. The molecule has 0 bridgehead atoms. The maximum Gasteiger partial charge on any atom is 0.407 e. The molecular formula is C13H26N2O4. The van der Waals surface area contributed by atoms with Crippen LogP contribution in [0.25, 0.3) is 0 Å². The number of hydrogen-bond acceptors (Lipinski definition) is 3. The van der Waals surface area contributed by atoms with Gasteiger partial charge >= 0.3 is 12.2 Å². The fraction of sp³-hybridized carbons (Fsp3) is 0.846. The molecule has 0 aromatic heterocycles. The largest absolute Gasteiger partial charge is 0.465 e. The predicted molar refractivity (Wildman–Crippen MR) is 73.4 cm³/mol. The zero-order chi connectivity index (χ0) is 14.3. The second kappa shape index (κ2) is 13.0. The third-order valence-corrected chi connectivity index (χ3v) is 2.59. The van der Waals surface area contributed by atoms with E-state index in [2.05, 4.69) is 10.6 Å². The van der Waals surface area contributed by atoms with E-state index in [1.807, 2.05) is 6.92 Å². The second-order valence-corrected chi connectivity index (χ2v) is 4.42. The number of carbonyl (C=O) groups is 2. The fourth-order valence-corrected chi connectivity index (χ4v) is 1.59. The van der Waals surface area contributed by atoms with Gasteiger partial charge in [-0.2, -0.15) is 0 Å². The Morgan fingerprint density at radius 2 is 1.47 bits per heavy atom. The number of hydrogen-bond donors (Lipinski definition) is 3. The van der Waals surface area contributed by atoms with Crippen molar-refractivity contribution in [1.29, 1.82) is 0 Å². The van der Waals surface area contributed by atoms with Crippen LogP contribution in [0.5, 0.6) is 0 Å². The molecule has 2 amide bonds. The lowest BCUT2D eigenvalue weighted by Gasteiger charge is -2.06. The lowest BCUT2D eigenvalue weighted by Crippen LogP contribution is -2.25. The van der Waals surface area contributed by atoms with E-state index in [-0.39, 0.29) is 6.09 Å². The van der Waals surface area contributed by atoms with Crippen LogP contribution in [0.15, 0.2) is 0 Å². The number of carbonyl (C=O) groups excluding carboxylic acids is 1. The summed E-state index contributed by atoms with van der Waals surface area (Å²) >= 11 is 0. The Hall–Kier alpha value is -1.46. The summed E-state index contributed by atoms with van der Waals surface area (Å²) in [6.07, 6.45) is 5.70. The number of carboxylic acid groups (broad SMARTS) is 1. The number of ether oxygens (including phenoxy) is 1. The highest BCUT2D eigenvalue weighted by molar-refractivity contribution is 5.66. The minimum Gasteiger partial charge on any atom is -0.465 e. The minimum absolute atomic E-state index is 0.332. The van der Waals surface area contributed by atoms with Crippen LogP contribution >= 0.6 is 0 Å². The molecule has 0 heterocycles. The Bertz CT molecular complexity index is 247. The number of rotatable bonds is 11. The molecule has 6 heteroatoms. The van der Waals surface area contributed by atoms with Crippen molar-refractivity contribution in [3.05, 3.63) is 0 Å². The summed E-state index contributed by atoms with van der Waals surface area (Å²) in [6, 6.07) is 0. The van der Waals surface area contributed by atoms with Gasteiger partial charge in [0.15, 0.2) is 0 Å². The lowest BCUT2D eigenvalue weighted by molar-refractivity contribution is 0.146. The zero-order valence-corrected chi connectivity index (χ0v) is 11.7. The molecule has 19 heavy (non-hydrogen) atoms. The Balaban J connectivity index is 3.10. The predicted octanol–water partition coefficient (Wildman–Crippen LogP) is 2.73. The molecule has 0 aliphatic heterocycles. The van der Waals surface area contributed by atoms with Crippen LogP contribution < -0.4 is 10.6 Å². The molecule has 0 aromatic carbocycles. The van der Waals surface area contributed by atoms with Crippen LogP contribution in [-0.2, 0) is 4.74 Å². The van der Waals surface area contributed by atoms with Crippen molar-refractivity contribution in [2.75, 3.05) is 19.7 Å². The first-order chi connectivity index (χ1) is 9.16. The highest BCUT2D eigenvalue weighted by Gasteiger charge is 1.99. The van der Waals surface area contributed by atoms with Gasteiger partial charge in [0.2, 0.25) is 0 Å². The van der Waals surface area contributed by atoms with E-state index in [0.717, 1.165) is 44.9 Å². The maximum absolute atomic E-state index is 11.1. The third-order valence-electron chi connectivity index (χ3n) is 2.59. The van der Waals surface area contributed by atoms with Gasteiger partial charge < -0.3 is 20.5 Å². The molecule has 0 aromatic rings. The van der Waals surface area contributed by atoms with E-state index in [1.54, 1.807) is 0 Å². The quantitative estimate of drug-likeness (QED) is 0.505. The van der Waals surface area contributed by atoms with E-state index >= 15 is 0 Å². The van der Waals surface area contributed by atoms with E-state index in [0.29, 0.717) is 19.7 Å². The standard InChI is InChI=1S/C13H26N2O4/c1-2-11-19-13(18)15-10-8-6-4-3-5-7-9-14-12(16)17/h14H,2-11H2,1H3,(H,15,18)(H,16,17). The first-order valence-corrected chi connectivity index (χ1v) is 7.04. The van der Waals surface area contributed by atoms with Crippen molar-refractivity contribution in [1.82, 2.24) is 10.6 Å². The monoisotopic (exact) mass is 274 g/mol. The van der Waals surface area contributed by atoms with E-state index < -0.39 is 6.09 Å². The average molecular weight is 274 g/mol. The van der Waals surface area contributed by atoms with Crippen molar-refractivity contribution < 1.29 is 19.4 Å². The average Bonchev–Trinajstić information content (AvgIpc) is 2.38. The highest BCUT2D eigenvalue weighted by atomic mass is 16.5. The highest BCUT2D eigenvalue weighted by Crippen LogP contribution is 2.04. The molecule has 0 aliphatic rings. The van der Waals surface area contributed by atoms with Gasteiger partial charge in [0, 0.05) is 13.1 Å². The summed E-state index contributed by atoms with van der Waals surface area (Å²) in [7, 11) is 0. The molecular weight excluding hydrogens is 248 g/mol. The van der Waals surface area contributed by atoms with Gasteiger partial charge in [0.05, 0.1) is 6.61 Å². The third kappa shape index (κ3) is 14.5. The van der Waals surface area contributed by atoms with Crippen molar-refractivity contribution in [2.45, 2.75) is 51.9 Å². The van der Waals surface area contributed by atoms with Gasteiger partial charge in [-0.3, -0.25) is 0 Å². The van der Waals surface area contributed by atoms with Gasteiger partial charge in [-0.25, -0.2) is 9.59 Å². The Labute approximate surface area is 114 Å². The molecule has 3 N–H and O–H groups in total. The van der Waals surface area contributed by atoms with Crippen LogP contribution in [0.3, 0.4) is 0 Å². The van der Waals surface area contributed by atoms with Gasteiger partial charge in [0.1, 0.15) is 0 Å². The smallest absolute Gasteiger partial charge is 0.407 e. The Morgan fingerprint density at radius 3 is 2.00 bits per heavy atom. The topological polar surface area (TPSA) is 87.7 Å². The minimum atomic E-state index is -0.957. The number of amides is 2. The Kier molecular flexibility index (Phi) is 12.0. The van der Waals surface area contributed by atoms with E-state index in [9.17, 15) is 9.59 Å². The van der Waals surface area contributed by atoms with Gasteiger partial charge in [-0.05, 0) is 19.3 Å². The normalized spacial score (nSPS) is 9.95. The SMILES string of the molecule is CCCOC(=O)NCCCCCCCCNC(=O)O. The van der Waals surface area contributed by atoms with Crippen LogP contribution in [0.1, 0.15) is 51.9 Å². The summed E-state index contributed by atoms with van der Waals surface area (Å²) in [4.78, 5) is 21.2. The molecule has 0 aliphatic carbocycles. The number of alkyl carbamates (subject to hydrolysis) is 1. The second-order valence-electron chi connectivity index (χ2n) is 4.42. The molecule has 0 fully saturated rings. The van der Waals surface area contributed by atoms with E-state index in [4.69, 9.17) is 9.84 Å². The summed E-state index contributed by atoms with van der Waals surface area (Å²) in [5, 5.41) is 13.4. The van der Waals surface area contributed by atoms with Gasteiger partial charge in [-0.15, -0.1) is 0 Å². The molecule has 0 saturated heterocycles. The summed E-state index contributed by atoms with van der Waals surface area (Å²) < 4.78 is 4.88. The zero-order valence-electron chi connectivity index (χ0n) is 11.7. The molecule has 0 radical (unpaired) electrons. The van der Waals surface area contributed by atoms with Gasteiger partial charge in [0.25, 0.3) is 0 Å². The summed E-state index contributed by atoms with van der Waals surface area (Å²) in [5.74, 6) is 0. The molecule has 6 nitrogen and oxygen atoms in total. The molecule has 0 saturated carbocycles. The lowest BCUT2D eigenvalue weighted by atomic mass is 10.1. The van der Waals surface area contributed by atoms with Crippen LogP contribution in [-0.4, -0.2) is 37.0 Å². The molecule has 0 rings (SSSR count). The van der Waals surface area contributed by atoms with Crippen LogP contribution in [0.4, 0.5) is 9.59 Å². The van der Waals surface area contributed by atoms with Crippen molar-refractivity contribution >= 4 is 12.2 Å². The van der Waals surface area contributed by atoms with Crippen molar-refractivity contribution in [3.63, 3.8) is 0 Å². The summed E-state index contributed by atoms with van der Waals surface area (Å²) in [5.41, 5.74) is 0. The first kappa shape index (κ1) is 17.5. The maximum atomic E-state index is 11.1. The molecule has 0 unspecified atom stereocenters. The van der Waals surface area contributed by atoms with Crippen molar-refractivity contribution in [2.24, 2.45) is 0 Å². The molecule has 0 atom stereocenters. The fourth-order valence-electron chi connectivity index (χ4n) is 1.59. The first-order valence-electron chi connectivity index (χ1n) is 7.04. The Morgan fingerprint density at radius 1 is 0.947 bits per heavy atom. The van der Waals surface area contributed by atoms with Crippen molar-refractivity contribution in [3.8, 4) is 0 Å². The molecule has 112 valence electrons. The molecule has 0 spiro atoms. The van der Waals surface area contributed by atoms with Crippen LogP contribution in [0, 0.1) is 0 Å². The number of unbranched alkanes of at least 4 members (excludes halogenated alkanes) is 5. The van der Waals surface area contributed by atoms with Crippen LogP contribution in [0.2, 0.25) is 0 Å². The number of nitrogens with one attached hydrogen (secondary N) is 2.